The molecule has 1 aromatic heterocycles. The van der Waals surface area contributed by atoms with Crippen molar-refractivity contribution in [2.75, 3.05) is 13.1 Å². The van der Waals surface area contributed by atoms with Crippen LogP contribution in [0.4, 0.5) is 4.79 Å². The third-order valence-electron chi connectivity index (χ3n) is 6.47. The first-order valence-corrected chi connectivity index (χ1v) is 13.3. The molecule has 178 valence electrons. The number of hydrogen-bond acceptors (Lipinski definition) is 4. The normalized spacial score (nSPS) is 16.8. The number of carbonyl (C=O) groups is 3. The summed E-state index contributed by atoms with van der Waals surface area (Å²) in [6.07, 6.45) is 2.54. The Balaban J connectivity index is 1.33. The van der Waals surface area contributed by atoms with Crippen molar-refractivity contribution < 1.29 is 14.4 Å². The summed E-state index contributed by atoms with van der Waals surface area (Å²) >= 11 is 3.18. The number of benzene rings is 2. The Morgan fingerprint density at radius 3 is 2.60 bits per heavy atom. The van der Waals surface area contributed by atoms with Crippen molar-refractivity contribution in [2.24, 2.45) is 0 Å². The number of fused-ring (bicyclic) bond motifs is 1. The third-order valence-corrected chi connectivity index (χ3v) is 8.05. The SMILES string of the molecule is Cc1cc(/C=C2\SC(=O)N(CC(=O)N3CCc4ccccc4C3)C2=O)c(C)n1-c1cccc(I)c1. The van der Waals surface area contributed by atoms with Gasteiger partial charge >= 0.3 is 0 Å². The van der Waals surface area contributed by atoms with Gasteiger partial charge in [0.2, 0.25) is 5.91 Å². The number of imide groups is 1. The molecule has 1 saturated heterocycles. The monoisotopic (exact) mass is 597 g/mol. The van der Waals surface area contributed by atoms with Crippen LogP contribution in [0.25, 0.3) is 11.8 Å². The van der Waals surface area contributed by atoms with Crippen molar-refractivity contribution in [3.63, 3.8) is 0 Å². The highest BCUT2D eigenvalue weighted by molar-refractivity contribution is 14.1. The third kappa shape index (κ3) is 4.69. The fourth-order valence-corrected chi connectivity index (χ4v) is 6.02. The lowest BCUT2D eigenvalue weighted by molar-refractivity contribution is -0.136. The second kappa shape index (κ2) is 9.66. The maximum Gasteiger partial charge on any atom is 0.294 e. The first-order valence-electron chi connectivity index (χ1n) is 11.4. The van der Waals surface area contributed by atoms with Gasteiger partial charge in [0.1, 0.15) is 6.54 Å². The molecule has 0 unspecified atom stereocenters. The van der Waals surface area contributed by atoms with E-state index in [0.29, 0.717) is 18.0 Å². The summed E-state index contributed by atoms with van der Waals surface area (Å²) in [5.41, 5.74) is 6.31. The van der Waals surface area contributed by atoms with E-state index in [1.54, 1.807) is 11.0 Å². The van der Waals surface area contributed by atoms with Crippen LogP contribution in [0.1, 0.15) is 28.1 Å². The molecule has 3 amide bonds. The van der Waals surface area contributed by atoms with E-state index in [4.69, 9.17) is 0 Å². The molecule has 0 N–H and O–H groups in total. The van der Waals surface area contributed by atoms with Crippen molar-refractivity contribution in [1.29, 1.82) is 0 Å². The van der Waals surface area contributed by atoms with Gasteiger partial charge in [0.05, 0.1) is 4.91 Å². The minimum atomic E-state index is -0.412. The summed E-state index contributed by atoms with van der Waals surface area (Å²) < 4.78 is 3.27. The molecule has 2 aliphatic rings. The summed E-state index contributed by atoms with van der Waals surface area (Å²) in [5, 5.41) is -0.404. The Hall–Kier alpha value is -2.85. The molecule has 3 aromatic rings. The lowest BCUT2D eigenvalue weighted by Gasteiger charge is -2.29. The van der Waals surface area contributed by atoms with Crippen molar-refractivity contribution in [1.82, 2.24) is 14.4 Å². The Labute approximate surface area is 222 Å². The molecule has 0 spiro atoms. The minimum absolute atomic E-state index is 0.208. The smallest absolute Gasteiger partial charge is 0.294 e. The average Bonchev–Trinajstić information content (AvgIpc) is 3.27. The lowest BCUT2D eigenvalue weighted by Crippen LogP contribution is -2.44. The number of amides is 3. The molecular weight excluding hydrogens is 573 g/mol. The number of nitrogens with zero attached hydrogens (tertiary/aromatic N) is 3. The molecule has 0 aliphatic carbocycles. The topological polar surface area (TPSA) is 62.6 Å². The Morgan fingerprint density at radius 2 is 1.83 bits per heavy atom. The molecule has 1 fully saturated rings. The maximum absolute atomic E-state index is 13.1. The van der Waals surface area contributed by atoms with E-state index in [0.717, 1.165) is 54.9 Å². The van der Waals surface area contributed by atoms with E-state index in [2.05, 4.69) is 39.3 Å². The minimum Gasteiger partial charge on any atom is -0.336 e. The number of aryl methyl sites for hydroxylation is 1. The van der Waals surface area contributed by atoms with E-state index in [1.807, 2.05) is 56.3 Å². The van der Waals surface area contributed by atoms with Crippen molar-refractivity contribution in [3.8, 4) is 5.69 Å². The summed E-state index contributed by atoms with van der Waals surface area (Å²) in [5.74, 6) is -0.621. The zero-order valence-corrected chi connectivity index (χ0v) is 22.4. The van der Waals surface area contributed by atoms with Crippen LogP contribution in [0.5, 0.6) is 0 Å². The van der Waals surface area contributed by atoms with E-state index >= 15 is 0 Å². The Morgan fingerprint density at radius 1 is 1.06 bits per heavy atom. The van der Waals surface area contributed by atoms with Crippen LogP contribution in [-0.4, -0.2) is 44.5 Å². The molecule has 0 atom stereocenters. The molecule has 5 rings (SSSR count). The van der Waals surface area contributed by atoms with Gasteiger partial charge in [-0.3, -0.25) is 19.3 Å². The second-order valence-corrected chi connectivity index (χ2v) is 11.0. The predicted octanol–water partition coefficient (Wildman–Crippen LogP) is 5.32. The number of halogens is 1. The first kappa shape index (κ1) is 23.9. The molecule has 6 nitrogen and oxygen atoms in total. The highest BCUT2D eigenvalue weighted by Gasteiger charge is 2.37. The summed E-state index contributed by atoms with van der Waals surface area (Å²) in [7, 11) is 0. The van der Waals surface area contributed by atoms with Crippen molar-refractivity contribution in [3.05, 3.63) is 91.2 Å². The Kier molecular flexibility index (Phi) is 6.59. The average molecular weight is 597 g/mol. The van der Waals surface area contributed by atoms with Gasteiger partial charge in [0, 0.05) is 33.7 Å². The van der Waals surface area contributed by atoms with Gasteiger partial charge in [-0.05, 0) is 102 Å². The Bertz CT molecular complexity index is 1390. The first-order chi connectivity index (χ1) is 16.8. The molecule has 0 radical (unpaired) electrons. The van der Waals surface area contributed by atoms with Crippen LogP contribution in [0.2, 0.25) is 0 Å². The largest absolute Gasteiger partial charge is 0.336 e. The lowest BCUT2D eigenvalue weighted by atomic mass is 10.00. The van der Waals surface area contributed by atoms with Gasteiger partial charge in [-0.2, -0.15) is 0 Å². The van der Waals surface area contributed by atoms with Gasteiger partial charge in [0.15, 0.2) is 0 Å². The maximum atomic E-state index is 13.1. The quantitative estimate of drug-likeness (QED) is 0.302. The molecule has 2 aliphatic heterocycles. The van der Waals surface area contributed by atoms with Crippen LogP contribution < -0.4 is 0 Å². The van der Waals surface area contributed by atoms with Crippen LogP contribution in [0, 0.1) is 17.4 Å². The second-order valence-electron chi connectivity index (χ2n) is 8.74. The van der Waals surface area contributed by atoms with E-state index in [-0.39, 0.29) is 12.5 Å². The zero-order valence-electron chi connectivity index (χ0n) is 19.5. The van der Waals surface area contributed by atoms with Crippen molar-refractivity contribution >= 4 is 57.5 Å². The van der Waals surface area contributed by atoms with Gasteiger partial charge in [-0.15, -0.1) is 0 Å². The number of thioether (sulfide) groups is 1. The molecular formula is C27H24IN3O3S. The predicted molar refractivity (Wildman–Crippen MR) is 146 cm³/mol. The number of carbonyl (C=O) groups excluding carboxylic acids is 3. The molecule has 3 heterocycles. The van der Waals surface area contributed by atoms with E-state index in [9.17, 15) is 14.4 Å². The summed E-state index contributed by atoms with van der Waals surface area (Å²) in [6, 6.07) is 18.3. The summed E-state index contributed by atoms with van der Waals surface area (Å²) in [6.45, 7) is 4.88. The van der Waals surface area contributed by atoms with E-state index < -0.39 is 11.1 Å². The fourth-order valence-electron chi connectivity index (χ4n) is 4.67. The summed E-state index contributed by atoms with van der Waals surface area (Å²) in [4.78, 5) is 41.9. The van der Waals surface area contributed by atoms with Gasteiger partial charge in [-0.1, -0.05) is 30.3 Å². The van der Waals surface area contributed by atoms with E-state index in [1.165, 1.54) is 5.56 Å². The van der Waals surface area contributed by atoms with Crippen molar-refractivity contribution in [2.45, 2.75) is 26.8 Å². The number of aromatic nitrogens is 1. The molecule has 0 bridgehead atoms. The standard InChI is InChI=1S/C27H24IN3O3S/c1-17-12-21(18(2)31(17)23-9-5-8-22(28)14-23)13-24-26(33)30(27(34)35-24)16-25(32)29-11-10-19-6-3-4-7-20(19)15-29/h3-9,12-14H,10-11,15-16H2,1-2H3/b24-13-. The van der Waals surface area contributed by atoms with Crippen LogP contribution in [0.15, 0.2) is 59.5 Å². The molecule has 35 heavy (non-hydrogen) atoms. The molecule has 2 aromatic carbocycles. The van der Waals surface area contributed by atoms with Gasteiger partial charge in [-0.25, -0.2) is 0 Å². The zero-order chi connectivity index (χ0) is 24.7. The van der Waals surface area contributed by atoms with Gasteiger partial charge < -0.3 is 9.47 Å². The molecule has 8 heteroatoms. The highest BCUT2D eigenvalue weighted by atomic mass is 127. The van der Waals surface area contributed by atoms with Gasteiger partial charge in [0.25, 0.3) is 11.1 Å². The van der Waals surface area contributed by atoms with Crippen LogP contribution in [0.3, 0.4) is 0 Å². The van der Waals surface area contributed by atoms with Crippen LogP contribution in [-0.2, 0) is 22.6 Å². The fraction of sp³-hybridized carbons (Fsp3) is 0.222. The number of hydrogen-bond donors (Lipinski definition) is 0. The highest BCUT2D eigenvalue weighted by Crippen LogP contribution is 2.34. The van der Waals surface area contributed by atoms with Crippen LogP contribution >= 0.6 is 34.4 Å². The number of rotatable bonds is 4. The molecule has 0 saturated carbocycles.